The summed E-state index contributed by atoms with van der Waals surface area (Å²) >= 11 is 0. The summed E-state index contributed by atoms with van der Waals surface area (Å²) in [5.74, 6) is -2.34. The smallest absolute Gasteiger partial charge is 0.249 e. The van der Waals surface area contributed by atoms with E-state index in [0.717, 1.165) is 0 Å². The summed E-state index contributed by atoms with van der Waals surface area (Å²) in [6.07, 6.45) is -5.23. The van der Waals surface area contributed by atoms with Gasteiger partial charge in [0.2, 0.25) is 17.7 Å². The van der Waals surface area contributed by atoms with Crippen molar-refractivity contribution in [3.63, 3.8) is 0 Å². The molecule has 6 N–H and O–H groups in total. The van der Waals surface area contributed by atoms with Crippen LogP contribution >= 0.6 is 0 Å². The van der Waals surface area contributed by atoms with Crippen LogP contribution in [0.1, 0.15) is 43.4 Å². The first-order chi connectivity index (χ1) is 15.4. The number of hydrogen-bond donors (Lipinski definition) is 6. The second kappa shape index (κ2) is 15.6. The van der Waals surface area contributed by atoms with Crippen molar-refractivity contribution in [3.05, 3.63) is 0 Å². The van der Waals surface area contributed by atoms with Crippen LogP contribution in [-0.2, 0) is 66.2 Å². The van der Waals surface area contributed by atoms with Crippen LogP contribution in [0.2, 0.25) is 0 Å². The van der Waals surface area contributed by atoms with E-state index in [-0.39, 0.29) is 54.2 Å². The Labute approximate surface area is 225 Å². The molecular formula is C20H36N3O10Y-. The number of amides is 3. The number of nitrogens with one attached hydrogen (secondary N) is 3. The first-order valence-corrected chi connectivity index (χ1v) is 10.4. The first-order valence-electron chi connectivity index (χ1n) is 10.4. The van der Waals surface area contributed by atoms with Crippen molar-refractivity contribution in [3.8, 4) is 0 Å². The fraction of sp³-hybridized carbons (Fsp3) is 0.750. The van der Waals surface area contributed by atoms with Crippen LogP contribution in [0.15, 0.2) is 0 Å². The second-order valence-electron chi connectivity index (χ2n) is 7.79. The van der Waals surface area contributed by atoms with Gasteiger partial charge in [-0.05, 0) is 27.2 Å². The van der Waals surface area contributed by atoms with Crippen molar-refractivity contribution in [1.82, 2.24) is 16.0 Å². The van der Waals surface area contributed by atoms with Gasteiger partial charge in [0, 0.05) is 42.5 Å². The molecule has 0 spiro atoms. The summed E-state index contributed by atoms with van der Waals surface area (Å²) in [7, 11) is 0. The van der Waals surface area contributed by atoms with Gasteiger partial charge in [-0.1, -0.05) is 0 Å². The number of ether oxygens (including phenoxy) is 2. The van der Waals surface area contributed by atoms with Crippen LogP contribution in [-0.4, -0.2) is 101 Å². The van der Waals surface area contributed by atoms with E-state index in [0.29, 0.717) is 0 Å². The summed E-state index contributed by atoms with van der Waals surface area (Å²) in [5, 5.41) is 37.1. The molecule has 14 heteroatoms. The quantitative estimate of drug-likeness (QED) is 0.135. The number of ketones is 1. The van der Waals surface area contributed by atoms with Gasteiger partial charge in [0.1, 0.15) is 36.5 Å². The predicted molar refractivity (Wildman–Crippen MR) is 115 cm³/mol. The zero-order valence-corrected chi connectivity index (χ0v) is 22.4. The molecule has 0 bridgehead atoms. The van der Waals surface area contributed by atoms with E-state index in [1.807, 2.05) is 0 Å². The van der Waals surface area contributed by atoms with Gasteiger partial charge in [-0.3, -0.25) is 25.5 Å². The van der Waals surface area contributed by atoms with Crippen LogP contribution in [0.3, 0.4) is 0 Å². The van der Waals surface area contributed by atoms with Gasteiger partial charge in [0.15, 0.2) is 12.1 Å². The monoisotopic (exact) mass is 567 g/mol. The van der Waals surface area contributed by atoms with E-state index < -0.39 is 73.2 Å². The fourth-order valence-corrected chi connectivity index (χ4v) is 3.21. The van der Waals surface area contributed by atoms with E-state index >= 15 is 0 Å². The molecule has 1 aliphatic heterocycles. The maximum atomic E-state index is 12.5. The third kappa shape index (κ3) is 9.72. The predicted octanol–water partition coefficient (Wildman–Crippen LogP) is -2.71. The molecule has 1 rings (SSSR count). The van der Waals surface area contributed by atoms with Gasteiger partial charge in [-0.15, -0.1) is 0 Å². The zero-order valence-electron chi connectivity index (χ0n) is 19.5. The summed E-state index contributed by atoms with van der Waals surface area (Å²) in [5.41, 5.74) is 0. The minimum absolute atomic E-state index is 0. The Hall–Kier alpha value is -1.35. The Balaban J connectivity index is -0.00000363. The molecule has 0 aromatic carbocycles. The van der Waals surface area contributed by atoms with Crippen molar-refractivity contribution in [2.24, 2.45) is 0 Å². The number of carbonyl (C=O) groups excluding carboxylic acids is 5. The van der Waals surface area contributed by atoms with E-state index in [2.05, 4.69) is 16.0 Å². The molecule has 0 saturated carbocycles. The number of carbonyl (C=O) groups is 4. The molecule has 1 aliphatic rings. The van der Waals surface area contributed by atoms with E-state index in [4.69, 9.17) is 9.47 Å². The topological polar surface area (TPSA) is 201 Å². The summed E-state index contributed by atoms with van der Waals surface area (Å²) in [6.45, 7) is 4.48. The van der Waals surface area contributed by atoms with Gasteiger partial charge in [-0.2, -0.15) is 6.42 Å². The van der Waals surface area contributed by atoms with Gasteiger partial charge in [-0.25, -0.2) is 0 Å². The number of aliphatic hydroxyl groups is 3. The minimum atomic E-state index is -1.62. The van der Waals surface area contributed by atoms with Crippen molar-refractivity contribution >= 4 is 29.8 Å². The molecule has 0 aromatic rings. The molecule has 13 nitrogen and oxygen atoms in total. The van der Waals surface area contributed by atoms with Gasteiger partial charge in [0.05, 0.1) is 12.6 Å². The molecule has 195 valence electrons. The molecule has 1 saturated heterocycles. The van der Waals surface area contributed by atoms with E-state index in [1.165, 1.54) is 27.7 Å². The molecule has 3 amide bonds. The standard InChI is InChI=1S/C20H32N3O10.Y.2H2/c1-9(18(29)23-13(10(2)26)6-5-7-24)21-19(30)11(3)32-17-15(22-12(4)27)20(31)33-14(8-25)16(17)28;;;/h9,11,13-17,20,25,28,31H,5-6,8H2,1-4H3,(H,21,30)(H,22,27)(H,23,29);;2*1H/q-1;;;/t9-,11+,13+,14+,15+,16+,17+,20+;;;/m0.../s1. The van der Waals surface area contributed by atoms with Crippen LogP contribution in [0, 0.1) is 0 Å². The Morgan fingerprint density at radius 2 is 1.74 bits per heavy atom. The van der Waals surface area contributed by atoms with Crippen LogP contribution in [0.25, 0.3) is 0 Å². The summed E-state index contributed by atoms with van der Waals surface area (Å²) in [6, 6.07) is -3.21. The first kappa shape index (κ1) is 32.7. The molecule has 1 radical (unpaired) electrons. The maximum Gasteiger partial charge on any atom is 0.249 e. The maximum absolute atomic E-state index is 12.5. The Morgan fingerprint density at radius 1 is 1.12 bits per heavy atom. The van der Waals surface area contributed by atoms with E-state index in [9.17, 15) is 39.3 Å². The molecule has 1 fully saturated rings. The summed E-state index contributed by atoms with van der Waals surface area (Å²) < 4.78 is 10.6. The van der Waals surface area contributed by atoms with Crippen LogP contribution < -0.4 is 16.0 Å². The van der Waals surface area contributed by atoms with Crippen molar-refractivity contribution in [1.29, 1.82) is 0 Å². The number of aliphatic hydroxyl groups excluding tert-OH is 3. The van der Waals surface area contributed by atoms with Gasteiger partial charge >= 0.3 is 0 Å². The van der Waals surface area contributed by atoms with Crippen molar-refractivity contribution in [2.75, 3.05) is 6.61 Å². The zero-order chi connectivity index (χ0) is 25.3. The SMILES string of the molecule is CC(=O)N[C@@H]1[C@@H](O[C@H](C)C(=O)N[C@@H](C)C(=O)N[C@H](CC[C-]=O)C(C)=O)[C@H](O)[C@@H](CO)O[C@H]1O.[HH].[HH].[Y]. The number of Topliss-reactive ketones (excluding diaryl/α,β-unsaturated/α-hetero) is 1. The van der Waals surface area contributed by atoms with Crippen molar-refractivity contribution in [2.45, 2.75) is 89.4 Å². The molecule has 0 aromatic heterocycles. The van der Waals surface area contributed by atoms with Gasteiger partial charge < -0.3 is 45.5 Å². The van der Waals surface area contributed by atoms with Crippen LogP contribution in [0.4, 0.5) is 0 Å². The molecule has 0 aliphatic carbocycles. The van der Waals surface area contributed by atoms with Crippen molar-refractivity contribution < 1.29 is 84.3 Å². The normalized spacial score (nSPS) is 26.7. The minimum Gasteiger partial charge on any atom is -0.542 e. The molecule has 1 heterocycles. The van der Waals surface area contributed by atoms with Crippen LogP contribution in [0.5, 0.6) is 0 Å². The fourth-order valence-electron chi connectivity index (χ4n) is 3.21. The van der Waals surface area contributed by atoms with E-state index in [1.54, 1.807) is 6.29 Å². The molecule has 0 unspecified atom stereocenters. The Kier molecular flexibility index (Phi) is 15.0. The number of hydrogen-bond acceptors (Lipinski definition) is 10. The third-order valence-electron chi connectivity index (χ3n) is 5.07. The average Bonchev–Trinajstić information content (AvgIpc) is 2.74. The largest absolute Gasteiger partial charge is 0.542 e. The summed E-state index contributed by atoms with van der Waals surface area (Å²) in [4.78, 5) is 58.4. The Bertz CT molecular complexity index is 736. The molecule has 34 heavy (non-hydrogen) atoms. The molecule has 8 atom stereocenters. The second-order valence-corrected chi connectivity index (χ2v) is 7.79. The average molecular weight is 567 g/mol. The number of rotatable bonds is 12. The molecular weight excluding hydrogens is 531 g/mol. The third-order valence-corrected chi connectivity index (χ3v) is 5.07. The Morgan fingerprint density at radius 3 is 2.24 bits per heavy atom. The van der Waals surface area contributed by atoms with Gasteiger partial charge in [0.25, 0.3) is 0 Å².